The molecule has 3 rings (SSSR count). The standard InChI is InChI=1S/C11H9Cl2N3OS/c1-17-7-8(12)15-10(16-9(7)13)11-14-6(4-18-11)5-2-3-5/h4-5H,2-3H2,1H3. The van der Waals surface area contributed by atoms with Crippen LogP contribution in [0.1, 0.15) is 24.5 Å². The summed E-state index contributed by atoms with van der Waals surface area (Å²) in [6.07, 6.45) is 2.43. The second-order valence-electron chi connectivity index (χ2n) is 4.01. The van der Waals surface area contributed by atoms with Gasteiger partial charge in [0.15, 0.2) is 26.9 Å². The number of halogens is 2. The van der Waals surface area contributed by atoms with Gasteiger partial charge >= 0.3 is 0 Å². The van der Waals surface area contributed by atoms with E-state index in [1.165, 1.54) is 31.3 Å². The van der Waals surface area contributed by atoms with Gasteiger partial charge in [0, 0.05) is 11.3 Å². The van der Waals surface area contributed by atoms with Crippen LogP contribution in [0.15, 0.2) is 5.38 Å². The van der Waals surface area contributed by atoms with Crippen LogP contribution >= 0.6 is 34.5 Å². The molecule has 0 aromatic carbocycles. The summed E-state index contributed by atoms with van der Waals surface area (Å²) in [4.78, 5) is 12.8. The van der Waals surface area contributed by atoms with Crippen LogP contribution in [-0.2, 0) is 0 Å². The summed E-state index contributed by atoms with van der Waals surface area (Å²) in [5, 5.41) is 3.19. The van der Waals surface area contributed by atoms with Crippen molar-refractivity contribution in [3.63, 3.8) is 0 Å². The maximum absolute atomic E-state index is 5.98. The van der Waals surface area contributed by atoms with Gasteiger partial charge in [0.05, 0.1) is 12.8 Å². The Morgan fingerprint density at radius 3 is 2.44 bits per heavy atom. The Bertz CT molecular complexity index is 575. The van der Waals surface area contributed by atoms with Crippen LogP contribution in [0.5, 0.6) is 5.75 Å². The highest BCUT2D eigenvalue weighted by atomic mass is 35.5. The molecule has 2 aromatic heterocycles. The number of hydrogen-bond acceptors (Lipinski definition) is 5. The summed E-state index contributed by atoms with van der Waals surface area (Å²) in [5.41, 5.74) is 1.11. The van der Waals surface area contributed by atoms with Crippen molar-refractivity contribution in [2.24, 2.45) is 0 Å². The quantitative estimate of drug-likeness (QED) is 0.809. The zero-order valence-corrected chi connectivity index (χ0v) is 11.8. The minimum Gasteiger partial charge on any atom is -0.491 e. The smallest absolute Gasteiger partial charge is 0.193 e. The zero-order valence-electron chi connectivity index (χ0n) is 9.48. The largest absolute Gasteiger partial charge is 0.491 e. The molecule has 0 atom stereocenters. The van der Waals surface area contributed by atoms with Crippen molar-refractivity contribution < 1.29 is 4.74 Å². The van der Waals surface area contributed by atoms with Gasteiger partial charge in [0.25, 0.3) is 0 Å². The third-order valence-electron chi connectivity index (χ3n) is 2.70. The van der Waals surface area contributed by atoms with Crippen molar-refractivity contribution in [1.29, 1.82) is 0 Å². The lowest BCUT2D eigenvalue weighted by Gasteiger charge is -2.04. The van der Waals surface area contributed by atoms with Gasteiger partial charge in [0.2, 0.25) is 0 Å². The SMILES string of the molecule is COc1c(Cl)nc(-c2nc(C3CC3)cs2)nc1Cl. The normalized spacial score (nSPS) is 14.8. The molecule has 0 aliphatic heterocycles. The summed E-state index contributed by atoms with van der Waals surface area (Å²) >= 11 is 13.5. The first kappa shape index (κ1) is 12.1. The van der Waals surface area contributed by atoms with E-state index in [9.17, 15) is 0 Å². The first-order valence-electron chi connectivity index (χ1n) is 5.42. The number of methoxy groups -OCH3 is 1. The monoisotopic (exact) mass is 301 g/mol. The van der Waals surface area contributed by atoms with Gasteiger partial charge < -0.3 is 4.74 Å². The molecule has 4 nitrogen and oxygen atoms in total. The number of hydrogen-bond donors (Lipinski definition) is 0. The molecule has 0 N–H and O–H groups in total. The van der Waals surface area contributed by atoms with Crippen LogP contribution < -0.4 is 4.74 Å². The van der Waals surface area contributed by atoms with Crippen LogP contribution in [0.3, 0.4) is 0 Å². The molecule has 0 bridgehead atoms. The minimum absolute atomic E-state index is 0.204. The predicted octanol–water partition coefficient (Wildman–Crippen LogP) is 3.79. The number of ether oxygens (including phenoxy) is 1. The maximum Gasteiger partial charge on any atom is 0.193 e. The van der Waals surface area contributed by atoms with Crippen molar-refractivity contribution in [3.05, 3.63) is 21.4 Å². The molecule has 7 heteroatoms. The van der Waals surface area contributed by atoms with Crippen LogP contribution in [0.2, 0.25) is 10.3 Å². The third-order valence-corrected chi connectivity index (χ3v) is 4.06. The van der Waals surface area contributed by atoms with E-state index < -0.39 is 0 Å². The van der Waals surface area contributed by atoms with Crippen molar-refractivity contribution in [2.75, 3.05) is 7.11 Å². The summed E-state index contributed by atoms with van der Waals surface area (Å²) < 4.78 is 5.01. The molecule has 1 saturated carbocycles. The summed E-state index contributed by atoms with van der Waals surface area (Å²) in [5.74, 6) is 1.35. The molecule has 0 amide bonds. The van der Waals surface area contributed by atoms with E-state index in [0.717, 1.165) is 10.7 Å². The Hall–Kier alpha value is -0.910. The lowest BCUT2D eigenvalue weighted by Crippen LogP contribution is -1.95. The van der Waals surface area contributed by atoms with Gasteiger partial charge in [-0.2, -0.15) is 0 Å². The molecule has 1 aliphatic rings. The molecule has 0 unspecified atom stereocenters. The third kappa shape index (κ3) is 2.18. The highest BCUT2D eigenvalue weighted by Gasteiger charge is 2.26. The molecular formula is C11H9Cl2N3OS. The summed E-state index contributed by atoms with van der Waals surface area (Å²) in [7, 11) is 1.48. The second-order valence-corrected chi connectivity index (χ2v) is 5.59. The average Bonchev–Trinajstić information content (AvgIpc) is 3.07. The molecule has 2 heterocycles. The highest BCUT2D eigenvalue weighted by molar-refractivity contribution is 7.13. The fraction of sp³-hybridized carbons (Fsp3) is 0.364. The molecule has 18 heavy (non-hydrogen) atoms. The zero-order chi connectivity index (χ0) is 12.7. The maximum atomic E-state index is 5.98. The van der Waals surface area contributed by atoms with Crippen LogP contribution in [0.4, 0.5) is 0 Å². The van der Waals surface area contributed by atoms with E-state index in [2.05, 4.69) is 15.0 Å². The first-order chi connectivity index (χ1) is 8.69. The lowest BCUT2D eigenvalue weighted by molar-refractivity contribution is 0.411. The predicted molar refractivity (Wildman–Crippen MR) is 71.7 cm³/mol. The van der Waals surface area contributed by atoms with Crippen LogP contribution in [0, 0.1) is 0 Å². The van der Waals surface area contributed by atoms with Gasteiger partial charge in [-0.25, -0.2) is 15.0 Å². The summed E-state index contributed by atoms with van der Waals surface area (Å²) in [6.45, 7) is 0. The second kappa shape index (κ2) is 4.64. The van der Waals surface area contributed by atoms with Crippen molar-refractivity contribution >= 4 is 34.5 Å². The Morgan fingerprint density at radius 1 is 1.22 bits per heavy atom. The minimum atomic E-state index is 0.204. The van der Waals surface area contributed by atoms with Gasteiger partial charge in [-0.1, -0.05) is 23.2 Å². The number of thiazole rings is 1. The van der Waals surface area contributed by atoms with Crippen LogP contribution in [-0.4, -0.2) is 22.1 Å². The number of rotatable bonds is 3. The van der Waals surface area contributed by atoms with E-state index in [-0.39, 0.29) is 10.3 Å². The Balaban J connectivity index is 1.99. The first-order valence-corrected chi connectivity index (χ1v) is 7.05. The van der Waals surface area contributed by atoms with Gasteiger partial charge in [-0.05, 0) is 12.8 Å². The van der Waals surface area contributed by atoms with Gasteiger partial charge in [-0.3, -0.25) is 0 Å². The molecule has 0 saturated heterocycles. The van der Waals surface area contributed by atoms with Gasteiger partial charge in [0.1, 0.15) is 0 Å². The molecule has 1 aliphatic carbocycles. The Labute approximate surface area is 118 Å². The lowest BCUT2D eigenvalue weighted by atomic mass is 10.3. The Morgan fingerprint density at radius 2 is 1.89 bits per heavy atom. The topological polar surface area (TPSA) is 47.9 Å². The van der Waals surface area contributed by atoms with Crippen molar-refractivity contribution in [3.8, 4) is 16.6 Å². The molecule has 0 spiro atoms. The van der Waals surface area contributed by atoms with E-state index in [1.807, 2.05) is 5.38 Å². The number of aromatic nitrogens is 3. The fourth-order valence-electron chi connectivity index (χ4n) is 1.62. The van der Waals surface area contributed by atoms with E-state index in [4.69, 9.17) is 27.9 Å². The highest BCUT2D eigenvalue weighted by Crippen LogP contribution is 2.41. The molecule has 94 valence electrons. The number of nitrogens with zero attached hydrogens (tertiary/aromatic N) is 3. The fourth-order valence-corrected chi connectivity index (χ4v) is 2.99. The van der Waals surface area contributed by atoms with Gasteiger partial charge in [-0.15, -0.1) is 11.3 Å². The molecule has 2 aromatic rings. The molecule has 1 fully saturated rings. The van der Waals surface area contributed by atoms with E-state index >= 15 is 0 Å². The van der Waals surface area contributed by atoms with Crippen molar-refractivity contribution in [2.45, 2.75) is 18.8 Å². The summed E-state index contributed by atoms with van der Waals surface area (Å²) in [6, 6.07) is 0. The molecular weight excluding hydrogens is 293 g/mol. The van der Waals surface area contributed by atoms with Crippen molar-refractivity contribution in [1.82, 2.24) is 15.0 Å². The van der Waals surface area contributed by atoms with E-state index in [1.54, 1.807) is 0 Å². The van der Waals surface area contributed by atoms with E-state index in [0.29, 0.717) is 17.5 Å². The average molecular weight is 302 g/mol. The van der Waals surface area contributed by atoms with Crippen LogP contribution in [0.25, 0.3) is 10.8 Å². The molecule has 0 radical (unpaired) electrons. The Kier molecular flexibility index (Phi) is 3.13.